The summed E-state index contributed by atoms with van der Waals surface area (Å²) in [5, 5.41) is 26.9. The Labute approximate surface area is 142 Å². The molecule has 0 aliphatic heterocycles. The molecule has 0 bridgehead atoms. The average molecular weight is 356 g/mol. The van der Waals surface area contributed by atoms with Crippen molar-refractivity contribution in [1.82, 2.24) is 4.98 Å². The molecule has 116 valence electrons. The number of aliphatic hydroxyl groups is 1. The fourth-order valence-corrected chi connectivity index (χ4v) is 2.41. The van der Waals surface area contributed by atoms with Crippen LogP contribution in [-0.4, -0.2) is 27.8 Å². The van der Waals surface area contributed by atoms with Gasteiger partial charge in [0.2, 0.25) is 5.13 Å². The third kappa shape index (κ3) is 4.15. The van der Waals surface area contributed by atoms with Crippen LogP contribution in [0.1, 0.15) is 16.1 Å². The van der Waals surface area contributed by atoms with Gasteiger partial charge < -0.3 is 10.2 Å². The van der Waals surface area contributed by atoms with Crippen LogP contribution in [0.25, 0.3) is 0 Å². The minimum absolute atomic E-state index is 0. The van der Waals surface area contributed by atoms with Crippen molar-refractivity contribution in [3.63, 3.8) is 0 Å². The number of aryl methyl sites for hydroxylation is 2. The predicted molar refractivity (Wildman–Crippen MR) is 79.3 cm³/mol. The van der Waals surface area contributed by atoms with Crippen molar-refractivity contribution in [2.75, 3.05) is 6.61 Å². The van der Waals surface area contributed by atoms with Crippen LogP contribution >= 0.6 is 11.3 Å². The van der Waals surface area contributed by atoms with E-state index in [4.69, 9.17) is 5.11 Å². The maximum atomic E-state index is 11.1. The summed E-state index contributed by atoms with van der Waals surface area (Å²) in [6.07, 6.45) is 0. The number of azo groups is 1. The largest absolute Gasteiger partial charge is 0.487 e. The number of rotatable bonds is 5. The Kier molecular flexibility index (Phi) is 6.71. The second kappa shape index (κ2) is 8.06. The Bertz CT molecular complexity index is 668. The average Bonchev–Trinajstić information content (AvgIpc) is 2.77. The topological polar surface area (TPSA) is 95.1 Å². The van der Waals surface area contributed by atoms with Gasteiger partial charge in [-0.05, 0) is 25.5 Å². The number of benzene rings is 1. The number of thiazole rings is 1. The van der Waals surface area contributed by atoms with E-state index in [1.807, 2.05) is 13.8 Å². The minimum atomic E-state index is -1.18. The van der Waals surface area contributed by atoms with Crippen LogP contribution in [0, 0.1) is 19.8 Å². The molecule has 0 saturated carbocycles. The number of aliphatic hydroxyl groups excluding tert-OH is 1. The van der Waals surface area contributed by atoms with Gasteiger partial charge in [0.1, 0.15) is 0 Å². The van der Waals surface area contributed by atoms with Crippen molar-refractivity contribution in [2.24, 2.45) is 10.2 Å². The monoisotopic (exact) mass is 356 g/mol. The first-order valence-electron chi connectivity index (χ1n) is 6.18. The molecule has 0 aliphatic carbocycles. The van der Waals surface area contributed by atoms with Gasteiger partial charge in [0.25, 0.3) is 5.97 Å². The van der Waals surface area contributed by atoms with E-state index in [2.05, 4.69) is 15.2 Å². The van der Waals surface area contributed by atoms with Crippen molar-refractivity contribution >= 4 is 28.1 Å². The molecule has 0 spiro atoms. The summed E-state index contributed by atoms with van der Waals surface area (Å²) >= 11 is 1.42. The molecule has 0 unspecified atom stereocenters. The fourth-order valence-electron chi connectivity index (χ4n) is 1.68. The molecule has 0 saturated heterocycles. The second-order valence-corrected chi connectivity index (χ2v) is 5.48. The van der Waals surface area contributed by atoms with Gasteiger partial charge in [0, 0.05) is 28.8 Å². The molecule has 22 heavy (non-hydrogen) atoms. The smallest absolute Gasteiger partial charge is 0.277 e. The van der Waals surface area contributed by atoms with Crippen molar-refractivity contribution in [1.29, 1.82) is 0 Å². The summed E-state index contributed by atoms with van der Waals surface area (Å²) in [6, 6.07) is 6.65. The predicted octanol–water partition coefficient (Wildman–Crippen LogP) is 3.17. The summed E-state index contributed by atoms with van der Waals surface area (Å²) < 4.78 is 0. The van der Waals surface area contributed by atoms with E-state index in [0.717, 1.165) is 10.6 Å². The Morgan fingerprint density at radius 3 is 2.55 bits per heavy atom. The quantitative estimate of drug-likeness (QED) is 0.635. The van der Waals surface area contributed by atoms with E-state index in [1.54, 1.807) is 24.3 Å². The van der Waals surface area contributed by atoms with Crippen molar-refractivity contribution < 1.29 is 32.4 Å². The summed E-state index contributed by atoms with van der Waals surface area (Å²) in [4.78, 5) is 16.4. The van der Waals surface area contributed by atoms with Crippen LogP contribution in [-0.2, 0) is 22.2 Å². The first-order chi connectivity index (χ1) is 10.0. The minimum Gasteiger partial charge on any atom is -0.487 e. The second-order valence-electron chi connectivity index (χ2n) is 4.30. The van der Waals surface area contributed by atoms with E-state index in [9.17, 15) is 9.90 Å². The molecule has 0 amide bonds. The van der Waals surface area contributed by atoms with Gasteiger partial charge >= 0.3 is 0 Å². The first kappa shape index (κ1) is 18.3. The number of nitrogens with zero attached hydrogens (tertiary/aromatic N) is 3. The molecular weight excluding hydrogens is 342 g/mol. The molecule has 2 aromatic rings. The molecule has 0 radical (unpaired) electrons. The van der Waals surface area contributed by atoms with Crippen LogP contribution < -0.4 is 0 Å². The first-order valence-corrected chi connectivity index (χ1v) is 6.99. The molecule has 0 atom stereocenters. The molecule has 1 aromatic carbocycles. The number of aliphatic carboxylic acids is 1. The Hall–Kier alpha value is -1.72. The third-order valence-corrected chi connectivity index (χ3v) is 3.86. The Morgan fingerprint density at radius 2 is 2.00 bits per heavy atom. The Morgan fingerprint density at radius 1 is 1.32 bits per heavy atom. The maximum absolute atomic E-state index is 11.1. The SMILES string of the molecule is Cc1nc(N=Nc2ccccc2[C-](CO)C(=O)O)sc1C.[Cr]. The molecule has 8 heteroatoms. The van der Waals surface area contributed by atoms with Crippen molar-refractivity contribution in [2.45, 2.75) is 13.8 Å². The fraction of sp³-hybridized carbons (Fsp3) is 0.214. The molecule has 2 rings (SSSR count). The van der Waals surface area contributed by atoms with E-state index < -0.39 is 12.6 Å². The number of hydrogen-bond acceptors (Lipinski definition) is 6. The molecule has 2 N–H and O–H groups in total. The maximum Gasteiger partial charge on any atom is 0.277 e. The number of carbonyl (C=O) groups is 1. The van der Waals surface area contributed by atoms with Crippen LogP contribution in [0.3, 0.4) is 0 Å². The normalized spacial score (nSPS) is 10.5. The molecule has 1 heterocycles. The van der Waals surface area contributed by atoms with E-state index in [0.29, 0.717) is 16.4 Å². The van der Waals surface area contributed by atoms with Gasteiger partial charge in [-0.25, -0.2) is 10.1 Å². The van der Waals surface area contributed by atoms with Gasteiger partial charge in [-0.1, -0.05) is 23.5 Å². The number of carboxylic acid groups (broad SMARTS) is 1. The molecule has 1 aromatic heterocycles. The zero-order chi connectivity index (χ0) is 15.4. The van der Waals surface area contributed by atoms with Crippen LogP contribution in [0.2, 0.25) is 0 Å². The summed E-state index contributed by atoms with van der Waals surface area (Å²) in [6.45, 7) is 3.26. The summed E-state index contributed by atoms with van der Waals surface area (Å²) in [5.41, 5.74) is 1.63. The summed E-state index contributed by atoms with van der Waals surface area (Å²) in [5.74, 6) is -1.29. The van der Waals surface area contributed by atoms with Crippen LogP contribution in [0.5, 0.6) is 0 Å². The van der Waals surface area contributed by atoms with Crippen molar-refractivity contribution in [3.05, 3.63) is 46.3 Å². The molecular formula is C14H14CrN3O3S-. The third-order valence-electron chi connectivity index (χ3n) is 2.91. The van der Waals surface area contributed by atoms with Crippen LogP contribution in [0.4, 0.5) is 10.8 Å². The van der Waals surface area contributed by atoms with Gasteiger partial charge in [-0.2, -0.15) is 6.07 Å². The van der Waals surface area contributed by atoms with Gasteiger partial charge in [-0.3, -0.25) is 4.79 Å². The standard InChI is InChI=1S/C14H14N3O3S.Cr/c1-8-9(2)21-14(15-8)17-16-12-6-4-3-5-10(12)11(7-18)13(19)20;/h3-6,18H,7H2,1-2H3,(H,19,20);/q-1;. The van der Waals surface area contributed by atoms with Gasteiger partial charge in [0.05, 0.1) is 5.69 Å². The van der Waals surface area contributed by atoms with Crippen molar-refractivity contribution in [3.8, 4) is 0 Å². The van der Waals surface area contributed by atoms with Gasteiger partial charge in [0.15, 0.2) is 0 Å². The molecule has 0 fully saturated rings. The number of aromatic nitrogens is 1. The molecule has 0 aliphatic rings. The zero-order valence-electron chi connectivity index (χ0n) is 12.0. The zero-order valence-corrected chi connectivity index (χ0v) is 14.1. The Balaban J connectivity index is 0.00000242. The van der Waals surface area contributed by atoms with Gasteiger partial charge in [-0.15, -0.1) is 16.7 Å². The van der Waals surface area contributed by atoms with E-state index in [-0.39, 0.29) is 23.3 Å². The van der Waals surface area contributed by atoms with E-state index >= 15 is 0 Å². The number of carboxylic acids is 1. The summed E-state index contributed by atoms with van der Waals surface area (Å²) in [7, 11) is 0. The number of hydrogen-bond donors (Lipinski definition) is 2. The molecule has 6 nitrogen and oxygen atoms in total. The van der Waals surface area contributed by atoms with E-state index in [1.165, 1.54) is 11.3 Å². The van der Waals surface area contributed by atoms with Crippen LogP contribution in [0.15, 0.2) is 34.5 Å².